The highest BCUT2D eigenvalue weighted by Gasteiger charge is 2.46. The first-order valence-electron chi connectivity index (χ1n) is 12.8. The Kier molecular flexibility index (Phi) is 6.24. The minimum atomic E-state index is -1.59. The van der Waals surface area contributed by atoms with Crippen molar-refractivity contribution in [3.63, 3.8) is 0 Å². The molecular weight excluding hydrogens is 552 g/mol. The van der Waals surface area contributed by atoms with Gasteiger partial charge in [-0.3, -0.25) is 0 Å². The van der Waals surface area contributed by atoms with E-state index in [1.54, 1.807) is 0 Å². The van der Waals surface area contributed by atoms with Crippen molar-refractivity contribution in [3.05, 3.63) is 82.4 Å². The highest BCUT2D eigenvalue weighted by molar-refractivity contribution is 5.65. The lowest BCUT2D eigenvalue weighted by molar-refractivity contribution is 0.00115. The van der Waals surface area contributed by atoms with Crippen molar-refractivity contribution < 1.29 is 60.5 Å². The van der Waals surface area contributed by atoms with Crippen LogP contribution in [-0.2, 0) is 6.42 Å². The van der Waals surface area contributed by atoms with Gasteiger partial charge in [-0.25, -0.2) is 0 Å². The molecule has 42 heavy (non-hydrogen) atoms. The van der Waals surface area contributed by atoms with Crippen LogP contribution in [-0.4, -0.2) is 63.3 Å². The number of hydrogen-bond acceptors (Lipinski definition) is 12. The molecule has 4 aromatic rings. The molecule has 0 fully saturated rings. The van der Waals surface area contributed by atoms with Crippen LogP contribution < -0.4 is 9.47 Å². The average Bonchev–Trinajstić information content (AvgIpc) is 2.93. The van der Waals surface area contributed by atoms with Crippen LogP contribution >= 0.6 is 0 Å². The average molecular weight is 579 g/mol. The summed E-state index contributed by atoms with van der Waals surface area (Å²) in [5.41, 5.74) is 0.435. The van der Waals surface area contributed by atoms with E-state index in [1.165, 1.54) is 42.5 Å². The van der Waals surface area contributed by atoms with Crippen molar-refractivity contribution in [3.8, 4) is 57.5 Å². The normalized spacial score (nSPS) is 22.9. The molecule has 5 atom stereocenters. The third kappa shape index (κ3) is 4.24. The SMILES string of the molecule is Oc1cc(O)c2c(c1)O[C@H](c1ccc(O)c(O)c1)[C@@H](O)C2c1c(O)cc(O)c2c1O[C@H](c1ccc(O)c(O)c1)[C@@H](O)C2. The van der Waals surface area contributed by atoms with E-state index in [-0.39, 0.29) is 51.5 Å². The summed E-state index contributed by atoms with van der Waals surface area (Å²) in [6.45, 7) is 0. The topological polar surface area (TPSA) is 221 Å². The van der Waals surface area contributed by atoms with Crippen LogP contribution in [0.1, 0.15) is 45.9 Å². The molecule has 12 nitrogen and oxygen atoms in total. The molecule has 4 aromatic carbocycles. The molecule has 0 saturated heterocycles. The zero-order valence-corrected chi connectivity index (χ0v) is 21.6. The lowest BCUT2D eigenvalue weighted by atomic mass is 9.77. The van der Waals surface area contributed by atoms with E-state index in [0.717, 1.165) is 12.1 Å². The maximum Gasteiger partial charge on any atom is 0.157 e. The first-order chi connectivity index (χ1) is 19.9. The molecule has 2 aliphatic rings. The van der Waals surface area contributed by atoms with Crippen molar-refractivity contribution in [2.45, 2.75) is 36.8 Å². The highest BCUT2D eigenvalue weighted by Crippen LogP contribution is 2.57. The summed E-state index contributed by atoms with van der Waals surface area (Å²) in [6.07, 6.45) is -5.43. The van der Waals surface area contributed by atoms with E-state index in [4.69, 9.17) is 9.47 Å². The Morgan fingerprint density at radius 2 is 1.14 bits per heavy atom. The van der Waals surface area contributed by atoms with Crippen LogP contribution in [0.4, 0.5) is 0 Å². The van der Waals surface area contributed by atoms with Crippen molar-refractivity contribution in [2.24, 2.45) is 0 Å². The van der Waals surface area contributed by atoms with E-state index in [1.807, 2.05) is 0 Å². The second-order valence-corrected chi connectivity index (χ2v) is 10.3. The summed E-state index contributed by atoms with van der Waals surface area (Å²) in [6, 6.07) is 10.8. The van der Waals surface area contributed by atoms with Crippen molar-refractivity contribution >= 4 is 0 Å². The molecule has 0 bridgehead atoms. The summed E-state index contributed by atoms with van der Waals surface area (Å²) in [5, 5.41) is 105. The van der Waals surface area contributed by atoms with E-state index in [0.29, 0.717) is 0 Å². The number of fused-ring (bicyclic) bond motifs is 2. The molecule has 0 spiro atoms. The number of aliphatic hydroxyl groups is 2. The van der Waals surface area contributed by atoms with Crippen molar-refractivity contribution in [2.75, 3.05) is 0 Å². The minimum absolute atomic E-state index is 0.0312. The standard InChI is InChI=1S/C30H26O12/c31-13-7-20(37)24-23(8-13)41-29(12-2-4-16(33)19(36)6-12)27(40)26(24)25-21(38)10-17(34)14-9-22(39)28(42-30(14)25)11-1-3-15(32)18(35)5-11/h1-8,10,22,26-29,31-40H,9H2/t22-,26?,27-,28+,29+/m0/s1. The molecule has 1 unspecified atom stereocenters. The molecule has 0 saturated carbocycles. The largest absolute Gasteiger partial charge is 0.508 e. The number of ether oxygens (including phenoxy) is 2. The lowest BCUT2D eigenvalue weighted by Crippen LogP contribution is -2.36. The number of phenolic OH excluding ortho intramolecular Hbond substituents is 8. The van der Waals surface area contributed by atoms with Gasteiger partial charge in [0.2, 0.25) is 0 Å². The fourth-order valence-electron chi connectivity index (χ4n) is 5.71. The van der Waals surface area contributed by atoms with Gasteiger partial charge in [-0.05, 0) is 35.4 Å². The van der Waals surface area contributed by atoms with Crippen LogP contribution in [0.5, 0.6) is 57.5 Å². The van der Waals surface area contributed by atoms with Gasteiger partial charge in [-0.15, -0.1) is 0 Å². The molecule has 2 heterocycles. The molecule has 218 valence electrons. The fraction of sp³-hybridized carbons (Fsp3) is 0.200. The predicted molar refractivity (Wildman–Crippen MR) is 143 cm³/mol. The Bertz CT molecular complexity index is 1720. The first kappa shape index (κ1) is 27.0. The number of benzene rings is 4. The molecule has 2 aliphatic heterocycles. The fourth-order valence-corrected chi connectivity index (χ4v) is 5.71. The highest BCUT2D eigenvalue weighted by atomic mass is 16.5. The zero-order chi connectivity index (χ0) is 30.0. The molecule has 0 radical (unpaired) electrons. The summed E-state index contributed by atoms with van der Waals surface area (Å²) < 4.78 is 12.1. The molecule has 0 aromatic heterocycles. The van der Waals surface area contributed by atoms with Gasteiger partial charge >= 0.3 is 0 Å². The van der Waals surface area contributed by atoms with Gasteiger partial charge in [0.25, 0.3) is 0 Å². The molecular formula is C30H26O12. The maximum absolute atomic E-state index is 11.8. The van der Waals surface area contributed by atoms with Gasteiger partial charge in [0, 0.05) is 41.3 Å². The van der Waals surface area contributed by atoms with Crippen LogP contribution in [0.2, 0.25) is 0 Å². The Labute approximate surface area is 237 Å². The Balaban J connectivity index is 1.55. The second-order valence-electron chi connectivity index (χ2n) is 10.3. The van der Waals surface area contributed by atoms with Crippen molar-refractivity contribution in [1.82, 2.24) is 0 Å². The van der Waals surface area contributed by atoms with Crippen LogP contribution in [0.3, 0.4) is 0 Å². The summed E-state index contributed by atoms with van der Waals surface area (Å²) in [5.74, 6) is -5.08. The number of hydrogen-bond donors (Lipinski definition) is 10. The van der Waals surface area contributed by atoms with Gasteiger partial charge in [-0.2, -0.15) is 0 Å². The molecule has 0 aliphatic carbocycles. The van der Waals surface area contributed by atoms with Crippen molar-refractivity contribution in [1.29, 1.82) is 0 Å². The smallest absolute Gasteiger partial charge is 0.157 e. The van der Waals surface area contributed by atoms with Gasteiger partial charge in [0.05, 0.1) is 12.0 Å². The Hall–Kier alpha value is -5.20. The monoisotopic (exact) mass is 578 g/mol. The summed E-state index contributed by atoms with van der Waals surface area (Å²) in [4.78, 5) is 0. The van der Waals surface area contributed by atoms with Crippen LogP contribution in [0.25, 0.3) is 0 Å². The molecule has 6 rings (SSSR count). The number of rotatable bonds is 3. The van der Waals surface area contributed by atoms with Gasteiger partial charge < -0.3 is 60.5 Å². The van der Waals surface area contributed by atoms with Gasteiger partial charge in [-0.1, -0.05) is 12.1 Å². The zero-order valence-electron chi connectivity index (χ0n) is 21.6. The second kappa shape index (κ2) is 9.72. The van der Waals surface area contributed by atoms with E-state index >= 15 is 0 Å². The quantitative estimate of drug-likeness (QED) is 0.159. The van der Waals surface area contributed by atoms with Crippen LogP contribution in [0.15, 0.2) is 54.6 Å². The third-order valence-electron chi connectivity index (χ3n) is 7.67. The van der Waals surface area contributed by atoms with Gasteiger partial charge in [0.15, 0.2) is 29.1 Å². The predicted octanol–water partition coefficient (Wildman–Crippen LogP) is 3.00. The number of aliphatic hydroxyl groups excluding tert-OH is 2. The molecule has 12 heteroatoms. The van der Waals surface area contributed by atoms with Gasteiger partial charge in [0.1, 0.15) is 46.7 Å². The summed E-state index contributed by atoms with van der Waals surface area (Å²) >= 11 is 0. The first-order valence-corrected chi connectivity index (χ1v) is 12.8. The molecule has 0 amide bonds. The van der Waals surface area contributed by atoms with E-state index < -0.39 is 70.6 Å². The Morgan fingerprint density at radius 3 is 1.76 bits per heavy atom. The minimum Gasteiger partial charge on any atom is -0.508 e. The summed E-state index contributed by atoms with van der Waals surface area (Å²) in [7, 11) is 0. The maximum atomic E-state index is 11.8. The van der Waals surface area contributed by atoms with Crippen LogP contribution in [0, 0.1) is 0 Å². The number of phenols is 8. The number of aromatic hydroxyl groups is 8. The third-order valence-corrected chi connectivity index (χ3v) is 7.67. The van der Waals surface area contributed by atoms with E-state index in [9.17, 15) is 51.1 Å². The van der Waals surface area contributed by atoms with E-state index in [2.05, 4.69) is 0 Å². The lowest BCUT2D eigenvalue weighted by Gasteiger charge is -2.40. The Morgan fingerprint density at radius 1 is 0.548 bits per heavy atom. The molecule has 10 N–H and O–H groups in total.